The van der Waals surface area contributed by atoms with Gasteiger partial charge in [0.2, 0.25) is 5.09 Å². The van der Waals surface area contributed by atoms with Crippen molar-refractivity contribution < 1.29 is 12.8 Å². The number of nitrogens with one attached hydrogen (secondary N) is 2. The molecule has 0 radical (unpaired) electrons. The van der Waals surface area contributed by atoms with E-state index in [1.54, 1.807) is 6.07 Å². The van der Waals surface area contributed by atoms with Crippen LogP contribution < -0.4 is 10.0 Å². The van der Waals surface area contributed by atoms with Crippen LogP contribution in [-0.4, -0.2) is 45.5 Å². The Hall–Kier alpha value is -0.890. The van der Waals surface area contributed by atoms with Crippen LogP contribution in [-0.2, 0) is 16.6 Å². The Morgan fingerprint density at radius 2 is 2.00 bits per heavy atom. The van der Waals surface area contributed by atoms with E-state index >= 15 is 0 Å². The molecule has 0 saturated carbocycles. The van der Waals surface area contributed by atoms with Gasteiger partial charge in [0, 0.05) is 12.1 Å². The van der Waals surface area contributed by atoms with Crippen molar-refractivity contribution in [3.8, 4) is 0 Å². The molecular weight excluding hydrogens is 290 g/mol. The SMILES string of the molecule is CC(C)NCc1ccc(S(=O)(=O)NC2CCN(C)CC2)o1. The van der Waals surface area contributed by atoms with Gasteiger partial charge in [-0.1, -0.05) is 13.8 Å². The number of sulfonamides is 1. The summed E-state index contributed by atoms with van der Waals surface area (Å²) in [4.78, 5) is 2.20. The van der Waals surface area contributed by atoms with Crippen LogP contribution in [0.4, 0.5) is 0 Å². The fraction of sp³-hybridized carbons (Fsp3) is 0.714. The number of furan rings is 1. The van der Waals surface area contributed by atoms with E-state index in [0.29, 0.717) is 18.3 Å². The Labute approximate surface area is 126 Å². The lowest BCUT2D eigenvalue weighted by Crippen LogP contribution is -2.43. The molecule has 0 bridgehead atoms. The molecule has 1 saturated heterocycles. The zero-order chi connectivity index (χ0) is 15.5. The van der Waals surface area contributed by atoms with Crippen LogP contribution in [0.2, 0.25) is 0 Å². The Balaban J connectivity index is 1.96. The van der Waals surface area contributed by atoms with Crippen LogP contribution in [0.1, 0.15) is 32.4 Å². The Kier molecular flexibility index (Phi) is 5.43. The summed E-state index contributed by atoms with van der Waals surface area (Å²) in [6, 6.07) is 3.55. The molecule has 1 aromatic heterocycles. The number of rotatable bonds is 6. The van der Waals surface area contributed by atoms with Gasteiger partial charge in [0.1, 0.15) is 5.76 Å². The predicted octanol–water partition coefficient (Wildman–Crippen LogP) is 1.15. The van der Waals surface area contributed by atoms with E-state index in [1.807, 2.05) is 20.9 Å². The molecule has 1 aliphatic rings. The molecule has 2 heterocycles. The fourth-order valence-electron chi connectivity index (χ4n) is 2.31. The minimum atomic E-state index is -3.56. The van der Waals surface area contributed by atoms with Crippen LogP contribution >= 0.6 is 0 Å². The Morgan fingerprint density at radius 3 is 2.62 bits per heavy atom. The molecule has 0 unspecified atom stereocenters. The first-order valence-corrected chi connectivity index (χ1v) is 8.88. The summed E-state index contributed by atoms with van der Waals surface area (Å²) >= 11 is 0. The number of piperidine rings is 1. The maximum Gasteiger partial charge on any atom is 0.274 e. The lowest BCUT2D eigenvalue weighted by atomic mass is 10.1. The maximum atomic E-state index is 12.3. The van der Waals surface area contributed by atoms with Gasteiger partial charge in [0.15, 0.2) is 0 Å². The molecule has 0 amide bonds. The maximum absolute atomic E-state index is 12.3. The predicted molar refractivity (Wildman–Crippen MR) is 81.5 cm³/mol. The summed E-state index contributed by atoms with van der Waals surface area (Å²) in [5, 5.41) is 3.20. The van der Waals surface area contributed by atoms with Crippen molar-refractivity contribution >= 4 is 10.0 Å². The van der Waals surface area contributed by atoms with Crippen LogP contribution in [0.3, 0.4) is 0 Å². The molecule has 6 nitrogen and oxygen atoms in total. The van der Waals surface area contributed by atoms with Crippen molar-refractivity contribution in [2.45, 2.75) is 50.4 Å². The van der Waals surface area contributed by atoms with E-state index in [4.69, 9.17) is 4.42 Å². The molecule has 0 aromatic carbocycles. The lowest BCUT2D eigenvalue weighted by Gasteiger charge is -2.28. The van der Waals surface area contributed by atoms with Crippen molar-refractivity contribution in [1.82, 2.24) is 14.9 Å². The second-order valence-corrected chi connectivity index (χ2v) is 7.60. The quantitative estimate of drug-likeness (QED) is 0.824. The minimum Gasteiger partial charge on any atom is -0.447 e. The van der Waals surface area contributed by atoms with Crippen LogP contribution in [0.5, 0.6) is 0 Å². The third kappa shape index (κ3) is 4.81. The van der Waals surface area contributed by atoms with Crippen LogP contribution in [0.15, 0.2) is 21.6 Å². The van der Waals surface area contributed by atoms with Crippen LogP contribution in [0, 0.1) is 0 Å². The van der Waals surface area contributed by atoms with Crippen molar-refractivity contribution in [2.75, 3.05) is 20.1 Å². The topological polar surface area (TPSA) is 74.6 Å². The second-order valence-electron chi connectivity index (χ2n) is 5.96. The zero-order valence-corrected chi connectivity index (χ0v) is 13.7. The summed E-state index contributed by atoms with van der Waals surface area (Å²) < 4.78 is 32.8. The first kappa shape index (κ1) is 16.5. The van der Waals surface area contributed by atoms with Gasteiger partial charge in [-0.2, -0.15) is 0 Å². The molecule has 2 rings (SSSR count). The standard InChI is InChI=1S/C14H25N3O3S/c1-11(2)15-10-13-4-5-14(20-13)21(18,19)16-12-6-8-17(3)9-7-12/h4-5,11-12,15-16H,6-10H2,1-3H3. The van der Waals surface area contributed by atoms with E-state index in [0.717, 1.165) is 25.9 Å². The van der Waals surface area contributed by atoms with Gasteiger partial charge in [0.05, 0.1) is 6.54 Å². The highest BCUT2D eigenvalue weighted by molar-refractivity contribution is 7.89. The normalized spacial score (nSPS) is 18.5. The number of hydrogen-bond acceptors (Lipinski definition) is 5. The summed E-state index contributed by atoms with van der Waals surface area (Å²) in [7, 11) is -1.51. The number of likely N-dealkylation sites (tertiary alicyclic amines) is 1. The fourth-order valence-corrected chi connectivity index (χ4v) is 3.56. The largest absolute Gasteiger partial charge is 0.447 e. The van der Waals surface area contributed by atoms with Gasteiger partial charge in [-0.3, -0.25) is 0 Å². The van der Waals surface area contributed by atoms with Gasteiger partial charge in [-0.25, -0.2) is 13.1 Å². The van der Waals surface area contributed by atoms with E-state index < -0.39 is 10.0 Å². The van der Waals surface area contributed by atoms with E-state index in [-0.39, 0.29) is 11.1 Å². The molecular formula is C14H25N3O3S. The van der Waals surface area contributed by atoms with E-state index in [1.165, 1.54) is 6.07 Å². The van der Waals surface area contributed by atoms with Crippen molar-refractivity contribution in [3.05, 3.63) is 17.9 Å². The zero-order valence-electron chi connectivity index (χ0n) is 12.9. The highest BCUT2D eigenvalue weighted by atomic mass is 32.2. The summed E-state index contributed by atoms with van der Waals surface area (Å²) in [5.41, 5.74) is 0. The Morgan fingerprint density at radius 1 is 1.33 bits per heavy atom. The molecule has 120 valence electrons. The van der Waals surface area contributed by atoms with Crippen molar-refractivity contribution in [2.24, 2.45) is 0 Å². The van der Waals surface area contributed by atoms with Gasteiger partial charge in [0.25, 0.3) is 10.0 Å². The average molecular weight is 315 g/mol. The molecule has 2 N–H and O–H groups in total. The smallest absolute Gasteiger partial charge is 0.274 e. The third-order valence-corrected chi connectivity index (χ3v) is 5.02. The van der Waals surface area contributed by atoms with Crippen LogP contribution in [0.25, 0.3) is 0 Å². The second kappa shape index (κ2) is 6.91. The Bertz CT molecular complexity index is 546. The number of nitrogens with zero attached hydrogens (tertiary/aromatic N) is 1. The van der Waals surface area contributed by atoms with Gasteiger partial charge >= 0.3 is 0 Å². The molecule has 1 aromatic rings. The molecule has 0 aliphatic carbocycles. The molecule has 21 heavy (non-hydrogen) atoms. The molecule has 0 spiro atoms. The summed E-state index contributed by atoms with van der Waals surface area (Å²) in [6.07, 6.45) is 1.66. The molecule has 0 atom stereocenters. The first-order chi connectivity index (χ1) is 9.87. The van der Waals surface area contributed by atoms with E-state index in [9.17, 15) is 8.42 Å². The lowest BCUT2D eigenvalue weighted by molar-refractivity contribution is 0.247. The number of hydrogen-bond donors (Lipinski definition) is 2. The minimum absolute atomic E-state index is 0.00184. The van der Waals surface area contributed by atoms with Crippen molar-refractivity contribution in [1.29, 1.82) is 0 Å². The summed E-state index contributed by atoms with van der Waals surface area (Å²) in [6.45, 7) is 6.41. The van der Waals surface area contributed by atoms with E-state index in [2.05, 4.69) is 14.9 Å². The highest BCUT2D eigenvalue weighted by Crippen LogP contribution is 2.17. The van der Waals surface area contributed by atoms with Gasteiger partial charge < -0.3 is 14.6 Å². The average Bonchev–Trinajstić information content (AvgIpc) is 2.88. The van der Waals surface area contributed by atoms with Gasteiger partial charge in [-0.05, 0) is 45.1 Å². The van der Waals surface area contributed by atoms with Crippen molar-refractivity contribution in [3.63, 3.8) is 0 Å². The van der Waals surface area contributed by atoms with Gasteiger partial charge in [-0.15, -0.1) is 0 Å². The summed E-state index contributed by atoms with van der Waals surface area (Å²) in [5.74, 6) is 0.632. The molecule has 1 aliphatic heterocycles. The molecule has 1 fully saturated rings. The monoisotopic (exact) mass is 315 g/mol. The highest BCUT2D eigenvalue weighted by Gasteiger charge is 2.25. The first-order valence-electron chi connectivity index (χ1n) is 7.40. The molecule has 7 heteroatoms. The third-order valence-electron chi connectivity index (χ3n) is 3.63.